The van der Waals surface area contributed by atoms with Gasteiger partial charge in [-0.05, 0) is 66.4 Å². The summed E-state index contributed by atoms with van der Waals surface area (Å²) in [4.78, 5) is 4.93. The second-order valence-electron chi connectivity index (χ2n) is 9.55. The summed E-state index contributed by atoms with van der Waals surface area (Å²) < 4.78 is 5.29. The second-order valence-corrected chi connectivity index (χ2v) is 9.55. The Kier molecular flexibility index (Phi) is 6.86. The number of aromatic hydroxyl groups is 1. The largest absolute Gasteiger partial charge is 0.508 e. The van der Waals surface area contributed by atoms with Gasteiger partial charge < -0.3 is 14.7 Å². The van der Waals surface area contributed by atoms with Gasteiger partial charge in [-0.2, -0.15) is 5.21 Å². The molecule has 1 aromatic heterocycles. The highest BCUT2D eigenvalue weighted by atomic mass is 16.5. The first-order valence-electron chi connectivity index (χ1n) is 12.3. The third-order valence-corrected chi connectivity index (χ3v) is 6.95. The van der Waals surface area contributed by atoms with Crippen molar-refractivity contribution in [1.29, 1.82) is 0 Å². The van der Waals surface area contributed by atoms with Crippen molar-refractivity contribution < 1.29 is 9.84 Å². The zero-order chi connectivity index (χ0) is 25.1. The quantitative estimate of drug-likeness (QED) is 0.405. The summed E-state index contributed by atoms with van der Waals surface area (Å²) in [6, 6.07) is 22.9. The average Bonchev–Trinajstić information content (AvgIpc) is 3.41. The first kappa shape index (κ1) is 23.8. The molecule has 0 aliphatic carbocycles. The number of phenols is 1. The fourth-order valence-corrected chi connectivity index (χ4v) is 5.06. The zero-order valence-electron chi connectivity index (χ0n) is 20.9. The molecule has 8 nitrogen and oxygen atoms in total. The van der Waals surface area contributed by atoms with E-state index in [2.05, 4.69) is 68.5 Å². The highest BCUT2D eigenvalue weighted by molar-refractivity contribution is 5.61. The van der Waals surface area contributed by atoms with Gasteiger partial charge in [0.1, 0.15) is 11.5 Å². The fraction of sp³-hybridized carbons (Fsp3) is 0.321. The number of nitrogens with one attached hydrogen (secondary N) is 1. The van der Waals surface area contributed by atoms with E-state index in [9.17, 15) is 5.11 Å². The highest BCUT2D eigenvalue weighted by Gasteiger charge is 2.29. The number of hydrogen-bond acceptors (Lipinski definition) is 7. The van der Waals surface area contributed by atoms with Crippen molar-refractivity contribution in [3.63, 3.8) is 0 Å². The molecule has 0 saturated carbocycles. The average molecular weight is 485 g/mol. The Balaban J connectivity index is 1.33. The zero-order valence-corrected chi connectivity index (χ0v) is 20.9. The van der Waals surface area contributed by atoms with E-state index < -0.39 is 0 Å². The number of piperazine rings is 1. The summed E-state index contributed by atoms with van der Waals surface area (Å²) in [5.41, 5.74) is 5.39. The van der Waals surface area contributed by atoms with E-state index in [4.69, 9.17) is 4.74 Å². The molecular formula is C28H32N6O2. The molecule has 8 heteroatoms. The molecule has 0 amide bonds. The third-order valence-electron chi connectivity index (χ3n) is 6.95. The van der Waals surface area contributed by atoms with Crippen LogP contribution in [0.15, 0.2) is 66.7 Å². The van der Waals surface area contributed by atoms with Crippen LogP contribution in [-0.2, 0) is 13.0 Å². The predicted molar refractivity (Wildman–Crippen MR) is 140 cm³/mol. The van der Waals surface area contributed by atoms with Gasteiger partial charge in [-0.1, -0.05) is 36.4 Å². The lowest BCUT2D eigenvalue weighted by atomic mass is 9.98. The van der Waals surface area contributed by atoms with E-state index in [1.54, 1.807) is 7.11 Å². The lowest BCUT2D eigenvalue weighted by Gasteiger charge is -2.45. The molecule has 2 N–H and O–H groups in total. The van der Waals surface area contributed by atoms with E-state index in [1.165, 1.54) is 5.56 Å². The number of aromatic nitrogens is 4. The van der Waals surface area contributed by atoms with Crippen molar-refractivity contribution >= 4 is 5.69 Å². The van der Waals surface area contributed by atoms with Crippen LogP contribution in [-0.4, -0.2) is 62.9 Å². The Bertz CT molecular complexity index is 1290. The number of methoxy groups -OCH3 is 1. The smallest absolute Gasteiger partial charge is 0.204 e. The molecule has 2 heterocycles. The van der Waals surface area contributed by atoms with Crippen molar-refractivity contribution in [3.8, 4) is 22.9 Å². The first-order chi connectivity index (χ1) is 17.5. The number of ether oxygens (including phenoxy) is 1. The van der Waals surface area contributed by atoms with Crippen LogP contribution < -0.4 is 9.64 Å². The molecule has 186 valence electrons. The molecule has 36 heavy (non-hydrogen) atoms. The van der Waals surface area contributed by atoms with Crippen LogP contribution in [0.25, 0.3) is 11.4 Å². The first-order valence-corrected chi connectivity index (χ1v) is 12.3. The van der Waals surface area contributed by atoms with Gasteiger partial charge in [-0.3, -0.25) is 4.90 Å². The topological polar surface area (TPSA) is 90.4 Å². The number of nitrogens with zero attached hydrogens (tertiary/aromatic N) is 5. The lowest BCUT2D eigenvalue weighted by Crippen LogP contribution is -2.56. The van der Waals surface area contributed by atoms with Crippen LogP contribution >= 0.6 is 0 Å². The minimum atomic E-state index is 0.278. The molecule has 4 aromatic rings. The Labute approximate surface area is 211 Å². The minimum absolute atomic E-state index is 0.278. The third kappa shape index (κ3) is 5.18. The number of rotatable bonds is 7. The number of anilines is 1. The van der Waals surface area contributed by atoms with Gasteiger partial charge in [0, 0.05) is 49.0 Å². The molecule has 0 radical (unpaired) electrons. The summed E-state index contributed by atoms with van der Waals surface area (Å²) in [7, 11) is 1.69. The number of aromatic amines is 1. The van der Waals surface area contributed by atoms with Crippen LogP contribution in [0.5, 0.6) is 11.5 Å². The lowest BCUT2D eigenvalue weighted by molar-refractivity contribution is 0.158. The van der Waals surface area contributed by atoms with Gasteiger partial charge in [-0.15, -0.1) is 10.2 Å². The summed E-state index contributed by atoms with van der Waals surface area (Å²) in [5.74, 6) is 1.73. The fourth-order valence-electron chi connectivity index (χ4n) is 5.06. The van der Waals surface area contributed by atoms with Crippen LogP contribution in [0.3, 0.4) is 0 Å². The number of H-pyrrole nitrogens is 1. The van der Waals surface area contributed by atoms with Gasteiger partial charge in [0.2, 0.25) is 5.82 Å². The van der Waals surface area contributed by atoms with Crippen LogP contribution in [0.1, 0.15) is 30.5 Å². The molecule has 1 fully saturated rings. The van der Waals surface area contributed by atoms with E-state index >= 15 is 0 Å². The van der Waals surface area contributed by atoms with E-state index in [1.807, 2.05) is 42.5 Å². The summed E-state index contributed by atoms with van der Waals surface area (Å²) >= 11 is 0. The molecule has 1 aliphatic rings. The van der Waals surface area contributed by atoms with Crippen molar-refractivity contribution in [2.24, 2.45) is 0 Å². The van der Waals surface area contributed by atoms with Crippen LogP contribution in [0.2, 0.25) is 0 Å². The summed E-state index contributed by atoms with van der Waals surface area (Å²) in [5, 5.41) is 25.1. The second kappa shape index (κ2) is 10.4. The van der Waals surface area contributed by atoms with E-state index in [0.717, 1.165) is 47.8 Å². The van der Waals surface area contributed by atoms with Gasteiger partial charge in [0.25, 0.3) is 0 Å². The van der Waals surface area contributed by atoms with E-state index in [-0.39, 0.29) is 5.75 Å². The SMILES string of the molecule is COc1ccc(CN2C[C@H](C)N(c3cc(O)cc(Cc4ccccc4-c4nn[nH]n4)c3)C[C@H]2C)cc1. The highest BCUT2D eigenvalue weighted by Crippen LogP contribution is 2.31. The van der Waals surface area contributed by atoms with Gasteiger partial charge in [0.15, 0.2) is 0 Å². The van der Waals surface area contributed by atoms with Crippen molar-refractivity contribution in [2.75, 3.05) is 25.1 Å². The summed E-state index contributed by atoms with van der Waals surface area (Å²) in [6.45, 7) is 7.26. The minimum Gasteiger partial charge on any atom is -0.508 e. The molecule has 1 saturated heterocycles. The monoisotopic (exact) mass is 484 g/mol. The molecule has 0 spiro atoms. The van der Waals surface area contributed by atoms with E-state index in [0.29, 0.717) is 24.3 Å². The maximum atomic E-state index is 10.6. The maximum Gasteiger partial charge on any atom is 0.204 e. The Hall–Kier alpha value is -3.91. The van der Waals surface area contributed by atoms with Crippen LogP contribution in [0, 0.1) is 0 Å². The van der Waals surface area contributed by atoms with Crippen molar-refractivity contribution in [1.82, 2.24) is 25.5 Å². The van der Waals surface area contributed by atoms with Gasteiger partial charge in [0.05, 0.1) is 7.11 Å². The Morgan fingerprint density at radius 1 is 0.972 bits per heavy atom. The molecular weight excluding hydrogens is 452 g/mol. The normalized spacial score (nSPS) is 18.4. The molecule has 0 unspecified atom stereocenters. The van der Waals surface area contributed by atoms with Gasteiger partial charge >= 0.3 is 0 Å². The van der Waals surface area contributed by atoms with Crippen LogP contribution in [0.4, 0.5) is 5.69 Å². The summed E-state index contributed by atoms with van der Waals surface area (Å²) in [6.07, 6.45) is 0.660. The Morgan fingerprint density at radius 2 is 1.78 bits per heavy atom. The molecule has 0 bridgehead atoms. The van der Waals surface area contributed by atoms with Crippen molar-refractivity contribution in [3.05, 3.63) is 83.4 Å². The predicted octanol–water partition coefficient (Wildman–Crippen LogP) is 4.27. The molecule has 3 aromatic carbocycles. The van der Waals surface area contributed by atoms with Crippen molar-refractivity contribution in [2.45, 2.75) is 38.9 Å². The maximum absolute atomic E-state index is 10.6. The number of hydrogen-bond donors (Lipinski definition) is 2. The molecule has 1 aliphatic heterocycles. The number of tetrazole rings is 1. The standard InChI is InChI=1S/C28H32N6O2/c1-19-17-34(20(2)16-33(19)18-21-8-10-26(36-3)11-9-21)24-13-22(14-25(35)15-24)12-23-6-4-5-7-27(23)28-29-31-32-30-28/h4-11,13-15,19-20,35H,12,16-18H2,1-3H3,(H,29,30,31,32)/t19-,20+/m1/s1. The molecule has 2 atom stereocenters. The van der Waals surface area contributed by atoms with Gasteiger partial charge in [-0.25, -0.2) is 0 Å². The number of phenolic OH excluding ortho intramolecular Hbond substituents is 1. The Morgan fingerprint density at radius 3 is 2.53 bits per heavy atom. The number of benzene rings is 3. The molecule has 5 rings (SSSR count).